The number of allylic oxidation sites excluding steroid dienone is 1. The third kappa shape index (κ3) is 24.8. The summed E-state index contributed by atoms with van der Waals surface area (Å²) < 4.78 is 62.1. The predicted molar refractivity (Wildman–Crippen MR) is 538 cm³/mol. The minimum absolute atomic E-state index is 0.368. The zero-order chi connectivity index (χ0) is 91.1. The molecule has 7 saturated heterocycles. The smallest absolute Gasteiger partial charge is 0.229 e. The Morgan fingerprint density at radius 3 is 1.23 bits per heavy atom. The van der Waals surface area contributed by atoms with Gasteiger partial charge >= 0.3 is 0 Å². The van der Waals surface area contributed by atoms with Crippen molar-refractivity contribution in [3.63, 3.8) is 0 Å². The van der Waals surface area contributed by atoms with Crippen LogP contribution in [0.5, 0.6) is 23.0 Å². The van der Waals surface area contributed by atoms with Crippen molar-refractivity contribution in [3.8, 4) is 23.0 Å². The van der Waals surface area contributed by atoms with E-state index in [1.807, 2.05) is 100 Å². The minimum Gasteiger partial charge on any atom is -0.495 e. The lowest BCUT2D eigenvalue weighted by molar-refractivity contribution is 0.0982. The number of aliphatic imine (C=N–C) groups is 1. The first kappa shape index (κ1) is 96.3. The van der Waals surface area contributed by atoms with Crippen LogP contribution in [0.15, 0.2) is 144 Å². The van der Waals surface area contributed by atoms with E-state index in [0.29, 0.717) is 80.6 Å². The maximum Gasteiger partial charge on any atom is 0.229 e. The van der Waals surface area contributed by atoms with Gasteiger partial charge in [0.25, 0.3) is 0 Å². The number of aryl methyl sites for hydroxylation is 1. The highest BCUT2D eigenvalue weighted by molar-refractivity contribution is 7.72. The van der Waals surface area contributed by atoms with Crippen molar-refractivity contribution in [2.45, 2.75) is 83.7 Å². The van der Waals surface area contributed by atoms with E-state index < -0.39 is 27.7 Å². The summed E-state index contributed by atoms with van der Waals surface area (Å²) in [4.78, 5) is 47.5. The van der Waals surface area contributed by atoms with Crippen LogP contribution in [0.3, 0.4) is 0 Å². The summed E-state index contributed by atoms with van der Waals surface area (Å²) in [5, 5.41) is 26.2. The normalized spacial score (nSPS) is 19.3. The Bertz CT molecular complexity index is 5320. The van der Waals surface area contributed by atoms with Crippen LogP contribution in [-0.2, 0) is 13.7 Å². The number of nitrogens with one attached hydrogen (secondary N) is 7. The molecule has 0 bridgehead atoms. The van der Waals surface area contributed by atoms with E-state index in [4.69, 9.17) is 53.8 Å². The van der Waals surface area contributed by atoms with Gasteiger partial charge in [0.15, 0.2) is 17.9 Å². The van der Waals surface area contributed by atoms with Gasteiger partial charge in [-0.3, -0.25) is 14.7 Å². The van der Waals surface area contributed by atoms with Crippen molar-refractivity contribution in [1.82, 2.24) is 54.7 Å². The number of anilines is 14. The SMILES string of the molecule is CCP(=O)(CC)c1ccccc1NC1=C(Cl)C=NC(Nc2ccc(N3CCC(N4CCN(C)CC4)CC3)cc2OC)N1.COc1cc(N2CCC(N3CCN(C)CC3)CC2)ccc1Nc1ncc(Cl)c(Nc2ccc(N3CCP(C)(=O)CC3)cc2OC)n1.COc1cc(N2CCC(N3CCN(C)CC3)CC2)ccc1Nc1ncc(Cl)c(Nc2cccc(C)c2P(C)(C)=O)n1. The molecule has 8 aliphatic heterocycles. The molecule has 35 heteroatoms. The zero-order valence-electron chi connectivity index (χ0n) is 77.3. The molecule has 8 aromatic rings. The average molecular weight is 1880 g/mol. The number of ether oxygens (including phenoxy) is 4. The lowest BCUT2D eigenvalue weighted by Crippen LogP contribution is -2.52. The van der Waals surface area contributed by atoms with E-state index in [1.165, 1.54) is 96.6 Å². The molecule has 8 aliphatic rings. The number of hydrogen-bond donors (Lipinski definition) is 7. The fraction of sp³-hybridized carbons (Fsp3) is 0.500. The Labute approximate surface area is 778 Å². The molecule has 29 nitrogen and oxygen atoms in total. The molecule has 129 heavy (non-hydrogen) atoms. The van der Waals surface area contributed by atoms with E-state index in [1.54, 1.807) is 60.4 Å². The van der Waals surface area contributed by atoms with E-state index in [0.717, 1.165) is 175 Å². The van der Waals surface area contributed by atoms with Gasteiger partial charge in [-0.25, -0.2) is 15.0 Å². The number of methoxy groups -OCH3 is 4. The molecule has 0 spiro atoms. The molecule has 10 heterocycles. The zero-order valence-corrected chi connectivity index (χ0v) is 82.2. The predicted octanol–water partition coefficient (Wildman–Crippen LogP) is 15.9. The molecule has 0 saturated carbocycles. The molecule has 7 N–H and O–H groups in total. The van der Waals surface area contributed by atoms with Gasteiger partial charge in [0.05, 0.1) is 87.1 Å². The third-order valence-electron chi connectivity index (χ3n) is 26.5. The highest BCUT2D eigenvalue weighted by atomic mass is 35.5. The fourth-order valence-corrected chi connectivity index (χ4v) is 24.2. The molecule has 7 fully saturated rings. The molecule has 1 unspecified atom stereocenters. The lowest BCUT2D eigenvalue weighted by atomic mass is 10.0. The maximum atomic E-state index is 13.5. The Hall–Kier alpha value is -8.79. The molecule has 0 radical (unpaired) electrons. The second-order valence-corrected chi connectivity index (χ2v) is 46.8. The van der Waals surface area contributed by atoms with Gasteiger partial charge < -0.3 is 104 Å². The van der Waals surface area contributed by atoms with Gasteiger partial charge in [-0.1, -0.05) is 72.9 Å². The number of benzene rings is 6. The number of piperidine rings is 3. The summed E-state index contributed by atoms with van der Waals surface area (Å²) in [5.74, 6) is 5.12. The van der Waals surface area contributed by atoms with E-state index in [2.05, 4.69) is 175 Å². The average Bonchev–Trinajstić information content (AvgIpc) is 0.794. The van der Waals surface area contributed by atoms with E-state index in [-0.39, 0.29) is 0 Å². The molecule has 696 valence electrons. The molecule has 0 amide bonds. The highest BCUT2D eigenvalue weighted by Crippen LogP contribution is 2.48. The van der Waals surface area contributed by atoms with Gasteiger partial charge in [0.1, 0.15) is 53.1 Å². The first-order chi connectivity index (χ1) is 62.2. The maximum absolute atomic E-state index is 13.5. The topological polar surface area (TPSA) is 269 Å². The van der Waals surface area contributed by atoms with Crippen LogP contribution in [0.25, 0.3) is 0 Å². The summed E-state index contributed by atoms with van der Waals surface area (Å²) in [6.45, 7) is 33.1. The Balaban J connectivity index is 0.000000157. The number of halogens is 3. The highest BCUT2D eigenvalue weighted by Gasteiger charge is 2.34. The summed E-state index contributed by atoms with van der Waals surface area (Å²) >= 11 is 19.5. The molecule has 6 aromatic carbocycles. The van der Waals surface area contributed by atoms with Crippen molar-refractivity contribution < 1.29 is 32.6 Å². The molecular formula is C94H132Cl3N22O7P3. The number of nitrogens with zero attached hydrogens (tertiary/aromatic N) is 15. The van der Waals surface area contributed by atoms with Crippen molar-refractivity contribution in [2.75, 3.05) is 277 Å². The van der Waals surface area contributed by atoms with Crippen molar-refractivity contribution in [2.24, 2.45) is 4.99 Å². The van der Waals surface area contributed by atoms with Gasteiger partial charge in [0.2, 0.25) is 11.9 Å². The molecule has 16 rings (SSSR count). The Kier molecular flexibility index (Phi) is 33.0. The first-order valence-corrected chi connectivity index (χ1v) is 53.7. The first-order valence-electron chi connectivity index (χ1n) is 45.4. The second-order valence-electron chi connectivity index (χ2n) is 35.4. The van der Waals surface area contributed by atoms with Crippen LogP contribution in [0.1, 0.15) is 57.9 Å². The number of hydrogen-bond acceptors (Lipinski definition) is 29. The van der Waals surface area contributed by atoms with Crippen molar-refractivity contribution in [1.29, 1.82) is 0 Å². The number of aromatic nitrogens is 4. The minimum atomic E-state index is -2.54. The monoisotopic (exact) mass is 1880 g/mol. The van der Waals surface area contributed by atoms with Gasteiger partial charge in [-0.15, -0.1) is 0 Å². The molecular weight excluding hydrogens is 1750 g/mol. The molecule has 0 aliphatic carbocycles. The summed E-state index contributed by atoms with van der Waals surface area (Å²) in [6.07, 6.45) is 14.0. The fourth-order valence-electron chi connectivity index (χ4n) is 18.5. The van der Waals surface area contributed by atoms with Crippen LogP contribution in [-0.4, -0.2) is 305 Å². The summed E-state index contributed by atoms with van der Waals surface area (Å²) in [6, 6.07) is 40.3. The number of para-hydroxylation sites is 1. The number of likely N-dealkylation sites (N-methyl/N-ethyl adjacent to an activating group) is 3. The van der Waals surface area contributed by atoms with E-state index in [9.17, 15) is 13.7 Å². The van der Waals surface area contributed by atoms with Crippen LogP contribution < -0.4 is 86.4 Å². The van der Waals surface area contributed by atoms with Crippen LogP contribution in [0, 0.1) is 6.92 Å². The standard InChI is InChI=1S/C33H46ClN8O3P.C31H45ClN7O2P.C30H41ClN7O2P/c1-39-13-15-41(16-14-39)24-9-11-40(12-10-24)25-6-8-29(31(21-25)45-3)37-33-35-23-27(34)32(38-33)36-28-7-5-26(22-30(28)44-2)42-17-19-46(4,43)20-18-42;1-5-42(40,6-2)29-10-8-7-9-27(29)34-30-25(32)22-33-31(36-30)35-26-12-11-24(21-28(26)41-4)38-15-13-23(14-16-38)39-19-17-37(3)18-20-39;1-21-7-6-8-26(28(21)41(4,5)39)33-29-24(31)20-32-30(35-29)34-25-10-9-23(19-27(25)40-3)37-13-11-22(12-14-37)38-17-15-36(2)16-18-38/h5-8,21-24H,9-20H2,1-4H3,(H2,35,36,37,38);7-12,21-23,31,34-36H,5-6,13-20H2,1-4H3;6-10,19-20,22H,11-18H2,1-5H3,(H2,32,33,34,35). The summed E-state index contributed by atoms with van der Waals surface area (Å²) in [5.41, 5.74) is 10.1. The van der Waals surface area contributed by atoms with Crippen molar-refractivity contribution in [3.05, 3.63) is 154 Å². The van der Waals surface area contributed by atoms with Crippen molar-refractivity contribution >= 4 is 153 Å². The largest absolute Gasteiger partial charge is 0.495 e. The Morgan fingerprint density at radius 2 is 0.829 bits per heavy atom. The van der Waals surface area contributed by atoms with Gasteiger partial charge in [-0.05, 0) is 159 Å². The second kappa shape index (κ2) is 44.2. The lowest BCUT2D eigenvalue weighted by Gasteiger charge is -2.42. The van der Waals surface area contributed by atoms with Crippen LogP contribution in [0.2, 0.25) is 10.0 Å². The number of rotatable bonds is 27. The molecule has 1 atom stereocenters. The number of piperazine rings is 3. The van der Waals surface area contributed by atoms with Crippen LogP contribution in [0.4, 0.5) is 80.4 Å². The molecule has 2 aromatic heterocycles. The van der Waals surface area contributed by atoms with Gasteiger partial charge in [-0.2, -0.15) is 9.97 Å². The Morgan fingerprint density at radius 1 is 0.457 bits per heavy atom. The quantitative estimate of drug-likeness (QED) is 0.0236. The summed E-state index contributed by atoms with van der Waals surface area (Å²) in [7, 11) is 6.27. The van der Waals surface area contributed by atoms with Crippen LogP contribution >= 0.6 is 56.2 Å². The van der Waals surface area contributed by atoms with E-state index >= 15 is 0 Å². The third-order valence-corrected chi connectivity index (χ3v) is 34.6. The van der Waals surface area contributed by atoms with Gasteiger partial charge in [0, 0.05) is 238 Å².